The van der Waals surface area contributed by atoms with Crippen LogP contribution in [0, 0.1) is 0 Å². The second kappa shape index (κ2) is 5.04. The molecular weight excluding hydrogens is 202 g/mol. The summed E-state index contributed by atoms with van der Waals surface area (Å²) < 4.78 is 0. The highest BCUT2D eigenvalue weighted by atomic mass is 16.5. The highest BCUT2D eigenvalue weighted by molar-refractivity contribution is 5.56. The normalized spacial score (nSPS) is 9.56. The molecule has 0 aliphatic rings. The molecule has 0 saturated carbocycles. The molecule has 2 rings (SSSR count). The SMILES string of the molecule is ONc1ccc(NNc2ccccc2)cc1. The van der Waals surface area contributed by atoms with Gasteiger partial charge in [-0.1, -0.05) is 18.2 Å². The van der Waals surface area contributed by atoms with Gasteiger partial charge in [0.25, 0.3) is 0 Å². The lowest BCUT2D eigenvalue weighted by Gasteiger charge is -2.09. The maximum atomic E-state index is 8.65. The van der Waals surface area contributed by atoms with E-state index >= 15 is 0 Å². The summed E-state index contributed by atoms with van der Waals surface area (Å²) in [6, 6.07) is 17.1. The first-order chi connectivity index (χ1) is 7.88. The Morgan fingerprint density at radius 3 is 1.69 bits per heavy atom. The zero-order valence-electron chi connectivity index (χ0n) is 8.64. The summed E-state index contributed by atoms with van der Waals surface area (Å²) in [5, 5.41) is 8.65. The van der Waals surface area contributed by atoms with Crippen LogP contribution in [-0.4, -0.2) is 5.21 Å². The van der Waals surface area contributed by atoms with Crippen molar-refractivity contribution >= 4 is 17.1 Å². The Kier molecular flexibility index (Phi) is 3.25. The maximum Gasteiger partial charge on any atom is 0.0603 e. The molecule has 2 aromatic rings. The number of rotatable bonds is 4. The Morgan fingerprint density at radius 2 is 1.12 bits per heavy atom. The van der Waals surface area contributed by atoms with E-state index in [0.717, 1.165) is 11.4 Å². The highest BCUT2D eigenvalue weighted by Crippen LogP contribution is 2.13. The first-order valence-corrected chi connectivity index (χ1v) is 4.96. The minimum absolute atomic E-state index is 0.658. The molecule has 0 bridgehead atoms. The summed E-state index contributed by atoms with van der Waals surface area (Å²) >= 11 is 0. The molecule has 4 N–H and O–H groups in total. The zero-order chi connectivity index (χ0) is 11.2. The Hall–Kier alpha value is -2.20. The van der Waals surface area contributed by atoms with Gasteiger partial charge in [-0.05, 0) is 36.4 Å². The van der Waals surface area contributed by atoms with Crippen molar-refractivity contribution in [1.29, 1.82) is 0 Å². The Labute approximate surface area is 93.9 Å². The van der Waals surface area contributed by atoms with Crippen molar-refractivity contribution in [2.24, 2.45) is 0 Å². The average molecular weight is 215 g/mol. The molecule has 0 fully saturated rings. The molecular formula is C12H13N3O. The van der Waals surface area contributed by atoms with Gasteiger partial charge in [0, 0.05) is 0 Å². The van der Waals surface area contributed by atoms with Crippen LogP contribution >= 0.6 is 0 Å². The van der Waals surface area contributed by atoms with E-state index in [1.54, 1.807) is 12.1 Å². The number of anilines is 3. The van der Waals surface area contributed by atoms with Crippen molar-refractivity contribution < 1.29 is 5.21 Å². The van der Waals surface area contributed by atoms with Crippen molar-refractivity contribution in [2.45, 2.75) is 0 Å². The van der Waals surface area contributed by atoms with Crippen LogP contribution in [0.3, 0.4) is 0 Å². The molecule has 4 nitrogen and oxygen atoms in total. The highest BCUT2D eigenvalue weighted by Gasteiger charge is 1.92. The molecule has 16 heavy (non-hydrogen) atoms. The van der Waals surface area contributed by atoms with Crippen LogP contribution in [0.2, 0.25) is 0 Å². The van der Waals surface area contributed by atoms with Crippen molar-refractivity contribution in [2.75, 3.05) is 16.3 Å². The van der Waals surface area contributed by atoms with Crippen LogP contribution in [0.4, 0.5) is 17.1 Å². The molecule has 0 saturated heterocycles. The van der Waals surface area contributed by atoms with Gasteiger partial charge in [0.1, 0.15) is 0 Å². The summed E-state index contributed by atoms with van der Waals surface area (Å²) in [6.07, 6.45) is 0. The van der Waals surface area contributed by atoms with Gasteiger partial charge >= 0.3 is 0 Å². The fourth-order valence-corrected chi connectivity index (χ4v) is 1.29. The van der Waals surface area contributed by atoms with Crippen molar-refractivity contribution in [3.05, 3.63) is 54.6 Å². The van der Waals surface area contributed by atoms with Crippen molar-refractivity contribution in [1.82, 2.24) is 0 Å². The van der Waals surface area contributed by atoms with Crippen LogP contribution in [0.5, 0.6) is 0 Å². The predicted octanol–water partition coefficient (Wildman–Crippen LogP) is 2.93. The van der Waals surface area contributed by atoms with Gasteiger partial charge in [-0.3, -0.25) is 10.7 Å². The van der Waals surface area contributed by atoms with E-state index in [1.807, 2.05) is 42.5 Å². The van der Waals surface area contributed by atoms with E-state index in [2.05, 4.69) is 16.3 Å². The number of hydrogen-bond donors (Lipinski definition) is 4. The molecule has 0 aromatic heterocycles. The largest absolute Gasteiger partial charge is 0.301 e. The van der Waals surface area contributed by atoms with Crippen molar-refractivity contribution in [3.8, 4) is 0 Å². The second-order valence-corrected chi connectivity index (χ2v) is 3.31. The molecule has 2 aromatic carbocycles. The lowest BCUT2D eigenvalue weighted by atomic mass is 10.3. The summed E-state index contributed by atoms with van der Waals surface area (Å²) in [5.74, 6) is 0. The number of para-hydroxylation sites is 1. The first kappa shape index (κ1) is 10.3. The van der Waals surface area contributed by atoms with Gasteiger partial charge in [0.05, 0.1) is 17.1 Å². The van der Waals surface area contributed by atoms with Crippen LogP contribution in [-0.2, 0) is 0 Å². The number of benzene rings is 2. The van der Waals surface area contributed by atoms with E-state index in [0.29, 0.717) is 5.69 Å². The monoisotopic (exact) mass is 215 g/mol. The number of hydrogen-bond acceptors (Lipinski definition) is 4. The molecule has 0 heterocycles. The lowest BCUT2D eigenvalue weighted by molar-refractivity contribution is 0.389. The third-order valence-electron chi connectivity index (χ3n) is 2.14. The van der Waals surface area contributed by atoms with Gasteiger partial charge in [-0.15, -0.1) is 0 Å². The summed E-state index contributed by atoms with van der Waals surface area (Å²) in [7, 11) is 0. The van der Waals surface area contributed by atoms with Gasteiger partial charge < -0.3 is 10.9 Å². The average Bonchev–Trinajstić information content (AvgIpc) is 2.38. The maximum absolute atomic E-state index is 8.65. The first-order valence-electron chi connectivity index (χ1n) is 4.96. The van der Waals surface area contributed by atoms with E-state index in [1.165, 1.54) is 0 Å². The smallest absolute Gasteiger partial charge is 0.0603 e. The van der Waals surface area contributed by atoms with Gasteiger partial charge in [-0.2, -0.15) is 0 Å². The Bertz CT molecular complexity index is 428. The molecule has 0 radical (unpaired) electrons. The summed E-state index contributed by atoms with van der Waals surface area (Å²) in [6.45, 7) is 0. The van der Waals surface area contributed by atoms with Gasteiger partial charge in [-0.25, -0.2) is 0 Å². The molecule has 0 aliphatic carbocycles. The molecule has 4 heteroatoms. The van der Waals surface area contributed by atoms with Crippen LogP contribution in [0.25, 0.3) is 0 Å². The van der Waals surface area contributed by atoms with E-state index in [-0.39, 0.29) is 0 Å². The van der Waals surface area contributed by atoms with Gasteiger partial charge in [0.15, 0.2) is 0 Å². The van der Waals surface area contributed by atoms with Crippen LogP contribution in [0.15, 0.2) is 54.6 Å². The molecule has 82 valence electrons. The zero-order valence-corrected chi connectivity index (χ0v) is 8.64. The van der Waals surface area contributed by atoms with E-state index in [9.17, 15) is 0 Å². The Morgan fingerprint density at radius 1 is 0.625 bits per heavy atom. The van der Waals surface area contributed by atoms with E-state index in [4.69, 9.17) is 5.21 Å². The summed E-state index contributed by atoms with van der Waals surface area (Å²) in [5.41, 5.74) is 10.8. The quantitative estimate of drug-likeness (QED) is 0.592. The number of hydrazine groups is 1. The fraction of sp³-hybridized carbons (Fsp3) is 0. The molecule has 0 unspecified atom stereocenters. The van der Waals surface area contributed by atoms with E-state index < -0.39 is 0 Å². The third kappa shape index (κ3) is 2.65. The van der Waals surface area contributed by atoms with Gasteiger partial charge in [0.2, 0.25) is 0 Å². The van der Waals surface area contributed by atoms with Crippen LogP contribution < -0.4 is 16.3 Å². The van der Waals surface area contributed by atoms with Crippen molar-refractivity contribution in [3.63, 3.8) is 0 Å². The predicted molar refractivity (Wildman–Crippen MR) is 65.5 cm³/mol. The fourth-order valence-electron chi connectivity index (χ4n) is 1.29. The molecule has 0 spiro atoms. The third-order valence-corrected chi connectivity index (χ3v) is 2.14. The molecule has 0 aliphatic heterocycles. The molecule has 0 atom stereocenters. The second-order valence-electron chi connectivity index (χ2n) is 3.31. The minimum atomic E-state index is 0.658. The minimum Gasteiger partial charge on any atom is -0.301 e. The summed E-state index contributed by atoms with van der Waals surface area (Å²) in [4.78, 5) is 0. The number of nitrogens with one attached hydrogen (secondary N) is 3. The molecule has 0 amide bonds. The lowest BCUT2D eigenvalue weighted by Crippen LogP contribution is -2.08. The standard InChI is InChI=1S/C12H13N3O/c16-15-12-8-6-11(7-9-12)14-13-10-4-2-1-3-5-10/h1-9,13-16H. The van der Waals surface area contributed by atoms with Crippen LogP contribution in [0.1, 0.15) is 0 Å². The topological polar surface area (TPSA) is 56.3 Å². The Balaban J connectivity index is 1.94.